The van der Waals surface area contributed by atoms with Gasteiger partial charge in [0.05, 0.1) is 17.7 Å². The zero-order chi connectivity index (χ0) is 16.2. The minimum atomic E-state index is -3.90. The van der Waals surface area contributed by atoms with Crippen LogP contribution in [0, 0.1) is 0 Å². The highest BCUT2D eigenvalue weighted by molar-refractivity contribution is 6.57. The molecule has 1 aromatic carbocycles. The fraction of sp³-hybridized carbons (Fsp3) is 0.0625. The van der Waals surface area contributed by atoms with Crippen LogP contribution in [0.2, 0.25) is 5.02 Å². The van der Waals surface area contributed by atoms with Crippen LogP contribution in [-0.4, -0.2) is 29.3 Å². The van der Waals surface area contributed by atoms with Crippen molar-refractivity contribution in [1.29, 1.82) is 0 Å². The first-order valence-corrected chi connectivity index (χ1v) is 7.50. The Kier molecular flexibility index (Phi) is 3.00. The molecule has 0 saturated heterocycles. The first-order valence-electron chi connectivity index (χ1n) is 7.12. The zero-order valence-electron chi connectivity index (χ0n) is 12.2. The van der Waals surface area contributed by atoms with E-state index in [0.717, 1.165) is 8.96 Å². The van der Waals surface area contributed by atoms with Crippen LogP contribution in [-0.2, 0) is 0 Å². The summed E-state index contributed by atoms with van der Waals surface area (Å²) in [7, 11) is 1.53. The normalized spacial score (nSPS) is 17.8. The Morgan fingerprint density at radius 2 is 2.04 bits per heavy atom. The van der Waals surface area contributed by atoms with Gasteiger partial charge in [-0.05, 0) is 24.4 Å². The van der Waals surface area contributed by atoms with Crippen LogP contribution in [0.3, 0.4) is 0 Å². The summed E-state index contributed by atoms with van der Waals surface area (Å²) in [5.74, 6) is 0.510. The summed E-state index contributed by atoms with van der Waals surface area (Å²) in [5.41, 5.74) is 2.21. The molecule has 0 amide bonds. The summed E-state index contributed by atoms with van der Waals surface area (Å²) < 4.78 is 36.7. The molecule has 0 bridgehead atoms. The number of aromatic nitrogens is 1. The van der Waals surface area contributed by atoms with E-state index < -0.39 is 6.97 Å². The predicted molar refractivity (Wildman–Crippen MR) is 87.3 cm³/mol. The maximum absolute atomic E-state index is 14.7. The van der Waals surface area contributed by atoms with Gasteiger partial charge >= 0.3 is 6.97 Å². The van der Waals surface area contributed by atoms with Crippen molar-refractivity contribution < 1.29 is 17.9 Å². The van der Waals surface area contributed by atoms with Crippen LogP contribution < -0.4 is 4.74 Å². The van der Waals surface area contributed by atoms with E-state index in [1.165, 1.54) is 19.5 Å². The molecule has 0 aliphatic carbocycles. The van der Waals surface area contributed by atoms with Crippen LogP contribution in [0.1, 0.15) is 11.3 Å². The van der Waals surface area contributed by atoms with Gasteiger partial charge < -0.3 is 22.3 Å². The van der Waals surface area contributed by atoms with Gasteiger partial charge in [0.1, 0.15) is 12.0 Å². The third-order valence-electron chi connectivity index (χ3n) is 4.19. The second-order valence-electron chi connectivity index (χ2n) is 5.39. The van der Waals surface area contributed by atoms with Crippen molar-refractivity contribution in [3.05, 3.63) is 70.7 Å². The van der Waals surface area contributed by atoms with E-state index in [1.54, 1.807) is 36.4 Å². The quantitative estimate of drug-likeness (QED) is 0.765. The molecule has 0 N–H and O–H groups in total. The van der Waals surface area contributed by atoms with E-state index in [1.807, 2.05) is 6.07 Å². The molecule has 7 heteroatoms. The van der Waals surface area contributed by atoms with Crippen LogP contribution >= 0.6 is 11.6 Å². The lowest BCUT2D eigenvalue weighted by molar-refractivity contribution is -0.356. The number of methoxy groups -OCH3 is 1. The van der Waals surface area contributed by atoms with Crippen molar-refractivity contribution in [2.24, 2.45) is 0 Å². The molecule has 0 radical (unpaired) electrons. The molecule has 0 fully saturated rings. The molecule has 4 rings (SSSR count). The molecule has 0 unspecified atom stereocenters. The van der Waals surface area contributed by atoms with Crippen LogP contribution in [0.15, 0.2) is 54.4 Å². The van der Waals surface area contributed by atoms with Crippen molar-refractivity contribution in [3.63, 3.8) is 0 Å². The molecule has 2 aliphatic rings. The SMILES string of the molecule is COc1cccc(C2=C3C=CC=[N+]3[B-](F)(F)n3cccc32)c1Cl. The lowest BCUT2D eigenvalue weighted by Crippen LogP contribution is -2.49. The average Bonchev–Trinajstić information content (AvgIpc) is 3.19. The third-order valence-corrected chi connectivity index (χ3v) is 4.58. The topological polar surface area (TPSA) is 17.2 Å². The Labute approximate surface area is 136 Å². The summed E-state index contributed by atoms with van der Waals surface area (Å²) in [4.78, 5) is 0. The van der Waals surface area contributed by atoms with Gasteiger partial charge in [-0.2, -0.15) is 0 Å². The lowest BCUT2D eigenvalue weighted by atomic mass is 9.86. The third kappa shape index (κ3) is 1.85. The highest BCUT2D eigenvalue weighted by Gasteiger charge is 2.51. The first-order chi connectivity index (χ1) is 11.1. The van der Waals surface area contributed by atoms with E-state index in [-0.39, 0.29) is 0 Å². The molecule has 1 aromatic heterocycles. The first kappa shape index (κ1) is 14.3. The van der Waals surface area contributed by atoms with Gasteiger partial charge in [-0.1, -0.05) is 23.7 Å². The number of allylic oxidation sites excluding steroid dienone is 2. The van der Waals surface area contributed by atoms with Crippen molar-refractivity contribution in [2.45, 2.75) is 0 Å². The van der Waals surface area contributed by atoms with Gasteiger partial charge in [0.2, 0.25) is 0 Å². The van der Waals surface area contributed by atoms with E-state index >= 15 is 0 Å². The number of hydrogen-bond donors (Lipinski definition) is 0. The Morgan fingerprint density at radius 1 is 1.22 bits per heavy atom. The monoisotopic (exact) mass is 332 g/mol. The summed E-state index contributed by atoms with van der Waals surface area (Å²) in [6, 6.07) is 8.64. The summed E-state index contributed by atoms with van der Waals surface area (Å²) in [6.07, 6.45) is 6.08. The second-order valence-corrected chi connectivity index (χ2v) is 5.76. The molecule has 2 aliphatic heterocycles. The maximum atomic E-state index is 14.7. The highest BCUT2D eigenvalue weighted by Crippen LogP contribution is 2.42. The fourth-order valence-corrected chi connectivity index (χ4v) is 3.45. The Hall–Kier alpha value is -2.34. The van der Waals surface area contributed by atoms with Gasteiger partial charge in [0.25, 0.3) is 0 Å². The van der Waals surface area contributed by atoms with E-state index in [4.69, 9.17) is 16.3 Å². The van der Waals surface area contributed by atoms with Crippen molar-refractivity contribution >= 4 is 30.4 Å². The standard InChI is InChI=1S/C16H12BClF2N2O/c1-23-14-8-2-5-11(16(14)18)15-12-6-3-9-21(12)17(19,20)22-10-4-7-13(15)22/h2-10H,1H3. The highest BCUT2D eigenvalue weighted by atomic mass is 35.5. The van der Waals surface area contributed by atoms with Crippen LogP contribution in [0.5, 0.6) is 5.75 Å². The smallest absolute Gasteiger partial charge is 0.495 e. The number of hydrogen-bond acceptors (Lipinski definition) is 1. The largest absolute Gasteiger partial charge is 0.737 e. The maximum Gasteiger partial charge on any atom is 0.737 e. The van der Waals surface area contributed by atoms with Gasteiger partial charge in [-0.3, -0.25) is 0 Å². The second kappa shape index (κ2) is 4.83. The van der Waals surface area contributed by atoms with Crippen molar-refractivity contribution in [1.82, 2.24) is 4.48 Å². The van der Waals surface area contributed by atoms with Gasteiger partial charge in [-0.15, -0.1) is 0 Å². The predicted octanol–water partition coefficient (Wildman–Crippen LogP) is 3.80. The molecule has 0 spiro atoms. The fourth-order valence-electron chi connectivity index (χ4n) is 3.16. The van der Waals surface area contributed by atoms with Crippen LogP contribution in [0.25, 0.3) is 5.57 Å². The molecule has 3 nitrogen and oxygen atoms in total. The molecule has 116 valence electrons. The van der Waals surface area contributed by atoms with E-state index in [9.17, 15) is 8.63 Å². The average molecular weight is 333 g/mol. The van der Waals surface area contributed by atoms with Gasteiger partial charge in [-0.25, -0.2) is 0 Å². The van der Waals surface area contributed by atoms with Gasteiger partial charge in [0.15, 0.2) is 5.70 Å². The minimum Gasteiger partial charge on any atom is -0.495 e. The minimum absolute atomic E-state index is 0.406. The summed E-state index contributed by atoms with van der Waals surface area (Å²) in [6.45, 7) is -3.90. The lowest BCUT2D eigenvalue weighted by Gasteiger charge is -2.31. The zero-order valence-corrected chi connectivity index (χ0v) is 13.0. The van der Waals surface area contributed by atoms with Crippen LogP contribution in [0.4, 0.5) is 8.63 Å². The molecule has 2 aromatic rings. The van der Waals surface area contributed by atoms with E-state index in [2.05, 4.69) is 0 Å². The number of nitrogens with zero attached hydrogens (tertiary/aromatic N) is 2. The number of fused-ring (bicyclic) bond motifs is 2. The summed E-state index contributed by atoms with van der Waals surface area (Å²) in [5, 5.41) is 0.406. The molecular formula is C16H12BClF2N2O. The molecule has 3 heterocycles. The molecule has 0 atom stereocenters. The number of rotatable bonds is 2. The Balaban J connectivity index is 2.06. The van der Waals surface area contributed by atoms with Gasteiger partial charge in [0, 0.05) is 23.4 Å². The number of ether oxygens (including phenoxy) is 1. The summed E-state index contributed by atoms with van der Waals surface area (Å²) >= 11 is 6.43. The number of halogens is 3. The number of benzene rings is 1. The Bertz CT molecular complexity index is 915. The van der Waals surface area contributed by atoms with Crippen molar-refractivity contribution in [2.75, 3.05) is 7.11 Å². The molecular weight excluding hydrogens is 320 g/mol. The van der Waals surface area contributed by atoms with E-state index in [0.29, 0.717) is 33.3 Å². The Morgan fingerprint density at radius 3 is 2.83 bits per heavy atom. The molecule has 23 heavy (non-hydrogen) atoms. The molecule has 0 saturated carbocycles. The van der Waals surface area contributed by atoms with Crippen molar-refractivity contribution in [3.8, 4) is 5.75 Å².